The van der Waals surface area contributed by atoms with Gasteiger partial charge in [-0.05, 0) is 38.5 Å². The van der Waals surface area contributed by atoms with Gasteiger partial charge >= 0.3 is 0 Å². The van der Waals surface area contributed by atoms with Crippen LogP contribution in [0.4, 0.5) is 8.78 Å². The number of hydrogen-bond acceptors (Lipinski definition) is 2. The van der Waals surface area contributed by atoms with Crippen LogP contribution in [0.3, 0.4) is 0 Å². The van der Waals surface area contributed by atoms with E-state index in [2.05, 4.69) is 4.40 Å². The van der Waals surface area contributed by atoms with Crippen molar-refractivity contribution in [1.82, 2.24) is 0 Å². The van der Waals surface area contributed by atoms with Gasteiger partial charge in [0, 0.05) is 6.21 Å². The van der Waals surface area contributed by atoms with Gasteiger partial charge in [0.15, 0.2) is 0 Å². The first-order valence-electron chi connectivity index (χ1n) is 5.76. The standard InChI is InChI=1S/C13H17F2NO2S/c1-13(2,3)19(17)16-8-10-5-4-6-11(7-10)18-9-12(14)15/h4-8,12H,9H2,1-3H3/t19-/m0/s1. The molecule has 0 fully saturated rings. The molecule has 0 aromatic heterocycles. The second-order valence-corrected chi connectivity index (χ2v) is 6.80. The van der Waals surface area contributed by atoms with Gasteiger partial charge in [-0.2, -0.15) is 4.40 Å². The molecule has 0 heterocycles. The zero-order valence-corrected chi connectivity index (χ0v) is 11.9. The Morgan fingerprint density at radius 3 is 2.68 bits per heavy atom. The Morgan fingerprint density at radius 1 is 1.42 bits per heavy atom. The molecule has 106 valence electrons. The molecule has 0 N–H and O–H groups in total. The van der Waals surface area contributed by atoms with Crippen molar-refractivity contribution in [2.24, 2.45) is 4.40 Å². The highest BCUT2D eigenvalue weighted by Crippen LogP contribution is 2.15. The van der Waals surface area contributed by atoms with E-state index in [1.165, 1.54) is 6.21 Å². The molecule has 1 rings (SSSR count). The fourth-order valence-corrected chi connectivity index (χ4v) is 1.64. The van der Waals surface area contributed by atoms with E-state index in [9.17, 15) is 13.0 Å². The van der Waals surface area contributed by atoms with Crippen molar-refractivity contribution in [2.75, 3.05) is 6.61 Å². The van der Waals surface area contributed by atoms with Crippen molar-refractivity contribution in [1.29, 1.82) is 0 Å². The molecule has 0 aliphatic carbocycles. The summed E-state index contributed by atoms with van der Waals surface area (Å²) in [4.78, 5) is 0. The maximum Gasteiger partial charge on any atom is 0.272 e. The van der Waals surface area contributed by atoms with Crippen LogP contribution in [0.25, 0.3) is 0 Å². The quantitative estimate of drug-likeness (QED) is 0.781. The molecule has 0 amide bonds. The lowest BCUT2D eigenvalue weighted by molar-refractivity contribution is 0.0819. The first kappa shape index (κ1) is 15.8. The van der Waals surface area contributed by atoms with Crippen molar-refractivity contribution < 1.29 is 17.7 Å². The maximum atomic E-state index is 12.0. The molecule has 0 bridgehead atoms. The summed E-state index contributed by atoms with van der Waals surface area (Å²) in [6.07, 6.45) is -1.05. The van der Waals surface area contributed by atoms with Crippen LogP contribution in [0.2, 0.25) is 0 Å². The van der Waals surface area contributed by atoms with Gasteiger partial charge in [-0.25, -0.2) is 13.0 Å². The van der Waals surface area contributed by atoms with Gasteiger partial charge in [0.25, 0.3) is 6.43 Å². The van der Waals surface area contributed by atoms with Gasteiger partial charge in [-0.1, -0.05) is 12.1 Å². The average molecular weight is 289 g/mol. The number of alkyl halides is 2. The van der Waals surface area contributed by atoms with Crippen LogP contribution in [0.15, 0.2) is 28.7 Å². The van der Waals surface area contributed by atoms with E-state index in [-0.39, 0.29) is 0 Å². The molecule has 0 radical (unpaired) electrons. The number of halogens is 2. The van der Waals surface area contributed by atoms with E-state index in [1.807, 2.05) is 20.8 Å². The van der Waals surface area contributed by atoms with Gasteiger partial charge in [0.1, 0.15) is 23.3 Å². The lowest BCUT2D eigenvalue weighted by atomic mass is 10.2. The average Bonchev–Trinajstić information content (AvgIpc) is 2.32. The molecule has 0 aliphatic heterocycles. The Kier molecular flexibility index (Phi) is 5.60. The van der Waals surface area contributed by atoms with E-state index in [0.29, 0.717) is 11.3 Å². The molecule has 0 unspecified atom stereocenters. The Labute approximate surface area is 114 Å². The molecule has 0 spiro atoms. The summed E-state index contributed by atoms with van der Waals surface area (Å²) in [5, 5.41) is 0. The molecule has 6 heteroatoms. The number of benzene rings is 1. The minimum Gasteiger partial charge on any atom is -0.488 e. The van der Waals surface area contributed by atoms with Crippen LogP contribution >= 0.6 is 0 Å². The summed E-state index contributed by atoms with van der Waals surface area (Å²) >= 11 is 0. The smallest absolute Gasteiger partial charge is 0.272 e. The Hall–Kier alpha value is -1.30. The van der Waals surface area contributed by atoms with Crippen molar-refractivity contribution >= 4 is 17.2 Å². The van der Waals surface area contributed by atoms with E-state index in [1.54, 1.807) is 24.3 Å². The first-order valence-corrected chi connectivity index (χ1v) is 6.87. The van der Waals surface area contributed by atoms with Crippen LogP contribution in [0.1, 0.15) is 26.3 Å². The van der Waals surface area contributed by atoms with Crippen molar-refractivity contribution in [3.8, 4) is 5.75 Å². The zero-order chi connectivity index (χ0) is 14.5. The fourth-order valence-electron chi connectivity index (χ4n) is 1.11. The summed E-state index contributed by atoms with van der Waals surface area (Å²) in [5.74, 6) is 0.339. The SMILES string of the molecule is CC(C)(C)[S@](=O)N=Cc1cccc(OCC(F)F)c1. The largest absolute Gasteiger partial charge is 0.488 e. The van der Waals surface area contributed by atoms with Crippen LogP contribution in [0.5, 0.6) is 5.75 Å². The summed E-state index contributed by atoms with van der Waals surface area (Å²) in [6.45, 7) is 4.82. The second kappa shape index (κ2) is 6.75. The zero-order valence-electron chi connectivity index (χ0n) is 11.1. The predicted molar refractivity (Wildman–Crippen MR) is 73.4 cm³/mol. The van der Waals surface area contributed by atoms with Crippen LogP contribution in [-0.2, 0) is 11.0 Å². The van der Waals surface area contributed by atoms with E-state index in [0.717, 1.165) is 0 Å². The second-order valence-electron chi connectivity index (χ2n) is 4.87. The minimum absolute atomic E-state index is 0.339. The third-order valence-electron chi connectivity index (χ3n) is 2.06. The van der Waals surface area contributed by atoms with Gasteiger partial charge in [0.05, 0.1) is 4.75 Å². The number of hydrogen-bond donors (Lipinski definition) is 0. The normalized spacial score (nSPS) is 14.0. The van der Waals surface area contributed by atoms with Gasteiger partial charge in [-0.3, -0.25) is 0 Å². The highest BCUT2D eigenvalue weighted by atomic mass is 32.2. The lowest BCUT2D eigenvalue weighted by Gasteiger charge is -2.12. The highest BCUT2D eigenvalue weighted by molar-refractivity contribution is 7.85. The van der Waals surface area contributed by atoms with Crippen molar-refractivity contribution in [3.05, 3.63) is 29.8 Å². The molecule has 3 nitrogen and oxygen atoms in total. The van der Waals surface area contributed by atoms with Gasteiger partial charge in [-0.15, -0.1) is 0 Å². The first-order chi connectivity index (χ1) is 8.79. The lowest BCUT2D eigenvalue weighted by Crippen LogP contribution is -2.19. The molecule has 0 aliphatic rings. The highest BCUT2D eigenvalue weighted by Gasteiger charge is 2.18. The van der Waals surface area contributed by atoms with Crippen LogP contribution < -0.4 is 4.74 Å². The van der Waals surface area contributed by atoms with Crippen molar-refractivity contribution in [2.45, 2.75) is 31.9 Å². The Balaban J connectivity index is 2.72. The minimum atomic E-state index is -2.51. The Morgan fingerprint density at radius 2 is 2.11 bits per heavy atom. The number of ether oxygens (including phenoxy) is 1. The predicted octanol–water partition coefficient (Wildman–Crippen LogP) is 3.21. The summed E-state index contributed by atoms with van der Waals surface area (Å²) in [6, 6.07) is 6.56. The molecule has 0 saturated heterocycles. The maximum absolute atomic E-state index is 12.0. The third kappa shape index (κ3) is 5.92. The third-order valence-corrected chi connectivity index (χ3v) is 3.40. The molecule has 1 aromatic carbocycles. The van der Waals surface area contributed by atoms with Crippen molar-refractivity contribution in [3.63, 3.8) is 0 Å². The van der Waals surface area contributed by atoms with E-state index < -0.39 is 28.8 Å². The molecular weight excluding hydrogens is 272 g/mol. The molecule has 0 saturated carbocycles. The fraction of sp³-hybridized carbons (Fsp3) is 0.462. The Bertz CT molecular complexity index is 470. The van der Waals surface area contributed by atoms with E-state index in [4.69, 9.17) is 4.74 Å². The molecule has 1 atom stereocenters. The van der Waals surface area contributed by atoms with Crippen LogP contribution in [-0.4, -0.2) is 28.2 Å². The molecular formula is C13H17F2NO2S. The molecule has 19 heavy (non-hydrogen) atoms. The summed E-state index contributed by atoms with van der Waals surface area (Å²) in [5.41, 5.74) is 0.657. The summed E-state index contributed by atoms with van der Waals surface area (Å²) < 4.78 is 44.2. The van der Waals surface area contributed by atoms with Gasteiger partial charge in [0.2, 0.25) is 0 Å². The summed E-state index contributed by atoms with van der Waals surface area (Å²) in [7, 11) is -1.35. The van der Waals surface area contributed by atoms with E-state index >= 15 is 0 Å². The number of rotatable bonds is 5. The number of nitrogens with zero attached hydrogens (tertiary/aromatic N) is 1. The van der Waals surface area contributed by atoms with Crippen LogP contribution in [0, 0.1) is 0 Å². The monoisotopic (exact) mass is 289 g/mol. The topological polar surface area (TPSA) is 38.7 Å². The molecule has 1 aromatic rings. The van der Waals surface area contributed by atoms with Gasteiger partial charge < -0.3 is 4.74 Å².